The third-order valence-electron chi connectivity index (χ3n) is 9.65. The Kier molecular flexibility index (Phi) is 18.5. The normalized spacial score (nSPS) is 38.0. The van der Waals surface area contributed by atoms with Crippen molar-refractivity contribution in [1.29, 1.82) is 0 Å². The van der Waals surface area contributed by atoms with Crippen LogP contribution in [0.1, 0.15) is 47.0 Å². The maximum atomic E-state index is 12.5. The third-order valence-corrected chi connectivity index (χ3v) is 9.65. The molecule has 3 rings (SSSR count). The Labute approximate surface area is 303 Å². The summed E-state index contributed by atoms with van der Waals surface area (Å²) in [5, 5.41) is 80.2. The molecule has 3 heterocycles. The number of carbonyl (C=O) groups excluding carboxylic acids is 3. The summed E-state index contributed by atoms with van der Waals surface area (Å²) in [5.74, 6) is -2.94. The second-order valence-electron chi connectivity index (χ2n) is 13.6. The summed E-state index contributed by atoms with van der Waals surface area (Å²) in [5.41, 5.74) is 0. The zero-order valence-electron chi connectivity index (χ0n) is 30.2. The number of ether oxygens (including phenoxy) is 6. The van der Waals surface area contributed by atoms with E-state index in [1.807, 2.05) is 6.92 Å². The van der Waals surface area contributed by atoms with Gasteiger partial charge in [-0.2, -0.15) is 0 Å². The lowest BCUT2D eigenvalue weighted by Crippen LogP contribution is -2.66. The summed E-state index contributed by atoms with van der Waals surface area (Å²) >= 11 is 0. The second-order valence-corrected chi connectivity index (χ2v) is 13.6. The monoisotopic (exact) mass is 753 g/mol. The highest BCUT2D eigenvalue weighted by Gasteiger charge is 2.49. The SMILES string of the molecule is CCCCCO[C@@H]1C(NC(C)=O)[C@H](COC[C@@H]2C(CO)O[C@@H](O)C(NC(C)=O)[C@H]2O)OC(CO)[C@H]1COC[C@@H]1OC(CO)[C@@H](O)[C@H](O)C1NC(C)=O. The van der Waals surface area contributed by atoms with Crippen molar-refractivity contribution in [2.45, 2.75) is 126 Å². The van der Waals surface area contributed by atoms with E-state index in [9.17, 15) is 50.1 Å². The van der Waals surface area contributed by atoms with Crippen LogP contribution in [0.2, 0.25) is 0 Å². The van der Waals surface area contributed by atoms with Crippen LogP contribution in [0.15, 0.2) is 0 Å². The van der Waals surface area contributed by atoms with Crippen LogP contribution in [0.5, 0.6) is 0 Å². The highest BCUT2D eigenvalue weighted by molar-refractivity contribution is 5.74. The van der Waals surface area contributed by atoms with Crippen molar-refractivity contribution < 1.29 is 78.6 Å². The standard InChI is InChI=1S/C33H59N3O16/c1-5-6-7-8-49-32-20(13-48-14-24-26(34-16(2)40)31(45)30(44)23(11-39)51-24)22(10-38)50-25(27(32)35-17(3)41)15-47-12-19-21(9-37)52-33(46)28(29(19)43)36-18(4)42/h19-33,37-39,43-46H,5-15H2,1-4H3,(H,34,40)(H,35,41)(H,36,42)/t19-,20-,21?,22?,23?,24+,25+,26?,27?,28?,29+,30-,31-,32+,33-/m1/s1. The number of aliphatic hydroxyl groups excluding tert-OH is 7. The molecule has 0 aromatic rings. The molecule has 3 amide bonds. The quantitative estimate of drug-likeness (QED) is 0.0558. The molecule has 302 valence electrons. The maximum Gasteiger partial charge on any atom is 0.217 e. The Bertz CT molecular complexity index is 1110. The van der Waals surface area contributed by atoms with Crippen LogP contribution >= 0.6 is 0 Å². The Hall–Kier alpha value is -2.11. The molecule has 0 aromatic carbocycles. The van der Waals surface area contributed by atoms with Gasteiger partial charge >= 0.3 is 0 Å². The minimum absolute atomic E-state index is 0.0981. The molecule has 15 atom stereocenters. The Morgan fingerprint density at radius 1 is 0.577 bits per heavy atom. The van der Waals surface area contributed by atoms with Gasteiger partial charge in [0.05, 0.1) is 82.7 Å². The van der Waals surface area contributed by atoms with E-state index < -0.39 is 129 Å². The molecule has 6 unspecified atom stereocenters. The van der Waals surface area contributed by atoms with Gasteiger partial charge in [0.25, 0.3) is 0 Å². The fraction of sp³-hybridized carbons (Fsp3) is 0.909. The average molecular weight is 754 g/mol. The van der Waals surface area contributed by atoms with Gasteiger partial charge in [0.1, 0.15) is 36.6 Å². The number of rotatable bonds is 19. The van der Waals surface area contributed by atoms with Crippen LogP contribution < -0.4 is 16.0 Å². The van der Waals surface area contributed by atoms with Crippen molar-refractivity contribution in [3.8, 4) is 0 Å². The van der Waals surface area contributed by atoms with Gasteiger partial charge in [0, 0.05) is 39.2 Å². The van der Waals surface area contributed by atoms with Crippen molar-refractivity contribution in [3.63, 3.8) is 0 Å². The summed E-state index contributed by atoms with van der Waals surface area (Å²) in [6, 6.07) is -3.06. The summed E-state index contributed by atoms with van der Waals surface area (Å²) in [6.45, 7) is 3.84. The molecule has 3 aliphatic rings. The Balaban J connectivity index is 1.79. The largest absolute Gasteiger partial charge is 0.394 e. The highest BCUT2D eigenvalue weighted by Crippen LogP contribution is 2.32. The molecule has 10 N–H and O–H groups in total. The first-order valence-electron chi connectivity index (χ1n) is 17.9. The average Bonchev–Trinajstić information content (AvgIpc) is 3.09. The van der Waals surface area contributed by atoms with E-state index >= 15 is 0 Å². The van der Waals surface area contributed by atoms with E-state index in [0.717, 1.165) is 12.8 Å². The van der Waals surface area contributed by atoms with Crippen LogP contribution in [0.4, 0.5) is 0 Å². The van der Waals surface area contributed by atoms with Crippen LogP contribution in [-0.2, 0) is 42.8 Å². The lowest BCUT2D eigenvalue weighted by Gasteiger charge is -2.47. The van der Waals surface area contributed by atoms with Crippen LogP contribution in [0, 0.1) is 11.8 Å². The van der Waals surface area contributed by atoms with E-state index in [-0.39, 0.29) is 26.4 Å². The van der Waals surface area contributed by atoms with E-state index in [2.05, 4.69) is 16.0 Å². The molecule has 0 spiro atoms. The molecule has 0 aliphatic carbocycles. The van der Waals surface area contributed by atoms with Gasteiger partial charge in [0.15, 0.2) is 6.29 Å². The zero-order chi connectivity index (χ0) is 38.5. The molecule has 0 radical (unpaired) electrons. The number of amides is 3. The topological polar surface area (TPSA) is 284 Å². The predicted octanol–water partition coefficient (Wildman–Crippen LogP) is -4.35. The number of aliphatic hydroxyl groups is 7. The van der Waals surface area contributed by atoms with Crippen LogP contribution in [-0.4, -0.2) is 186 Å². The maximum absolute atomic E-state index is 12.5. The molecule has 0 bridgehead atoms. The first-order chi connectivity index (χ1) is 24.8. The first kappa shape index (κ1) is 44.3. The molecular formula is C33H59N3O16. The number of hydrogen-bond donors (Lipinski definition) is 10. The lowest BCUT2D eigenvalue weighted by atomic mass is 9.85. The molecule has 19 nitrogen and oxygen atoms in total. The lowest BCUT2D eigenvalue weighted by molar-refractivity contribution is -0.249. The summed E-state index contributed by atoms with van der Waals surface area (Å²) in [7, 11) is 0. The predicted molar refractivity (Wildman–Crippen MR) is 178 cm³/mol. The molecule has 3 fully saturated rings. The van der Waals surface area contributed by atoms with Gasteiger partial charge in [-0.05, 0) is 6.42 Å². The van der Waals surface area contributed by atoms with Crippen molar-refractivity contribution in [2.75, 3.05) is 52.9 Å². The van der Waals surface area contributed by atoms with Gasteiger partial charge in [-0.15, -0.1) is 0 Å². The third kappa shape index (κ3) is 11.9. The van der Waals surface area contributed by atoms with E-state index in [4.69, 9.17) is 28.4 Å². The highest BCUT2D eigenvalue weighted by atomic mass is 16.6. The molecule has 0 saturated carbocycles. The van der Waals surface area contributed by atoms with E-state index in [0.29, 0.717) is 13.0 Å². The molecule has 3 saturated heterocycles. The second kappa shape index (κ2) is 21.7. The van der Waals surface area contributed by atoms with Gasteiger partial charge in [-0.25, -0.2) is 0 Å². The molecular weight excluding hydrogens is 694 g/mol. The zero-order valence-corrected chi connectivity index (χ0v) is 30.2. The smallest absolute Gasteiger partial charge is 0.217 e. The van der Waals surface area contributed by atoms with E-state index in [1.165, 1.54) is 20.8 Å². The van der Waals surface area contributed by atoms with Crippen molar-refractivity contribution >= 4 is 17.7 Å². The van der Waals surface area contributed by atoms with Gasteiger partial charge < -0.3 is 80.1 Å². The Morgan fingerprint density at radius 2 is 1.08 bits per heavy atom. The van der Waals surface area contributed by atoms with E-state index in [1.54, 1.807) is 0 Å². The minimum atomic E-state index is -1.57. The number of unbranched alkanes of at least 4 members (excludes halogenated alkanes) is 2. The minimum Gasteiger partial charge on any atom is -0.394 e. The molecule has 19 heteroatoms. The summed E-state index contributed by atoms with van der Waals surface area (Å²) in [6.07, 6.45) is -9.00. The summed E-state index contributed by atoms with van der Waals surface area (Å²) in [4.78, 5) is 36.1. The first-order valence-corrected chi connectivity index (χ1v) is 17.9. The summed E-state index contributed by atoms with van der Waals surface area (Å²) < 4.78 is 35.9. The fourth-order valence-corrected chi connectivity index (χ4v) is 7.02. The van der Waals surface area contributed by atoms with Gasteiger partial charge in [-0.3, -0.25) is 14.4 Å². The number of nitrogens with one attached hydrogen (secondary N) is 3. The van der Waals surface area contributed by atoms with Crippen molar-refractivity contribution in [3.05, 3.63) is 0 Å². The molecule has 0 aromatic heterocycles. The van der Waals surface area contributed by atoms with Gasteiger partial charge in [-0.1, -0.05) is 19.8 Å². The molecule has 3 aliphatic heterocycles. The Morgan fingerprint density at radius 3 is 1.63 bits per heavy atom. The van der Waals surface area contributed by atoms with Gasteiger partial charge in [0.2, 0.25) is 17.7 Å². The van der Waals surface area contributed by atoms with Crippen molar-refractivity contribution in [1.82, 2.24) is 16.0 Å². The van der Waals surface area contributed by atoms with Crippen molar-refractivity contribution in [2.24, 2.45) is 11.8 Å². The fourth-order valence-electron chi connectivity index (χ4n) is 7.02. The number of hydrogen-bond acceptors (Lipinski definition) is 16. The molecule has 52 heavy (non-hydrogen) atoms. The number of carbonyl (C=O) groups is 3. The van der Waals surface area contributed by atoms with Crippen LogP contribution in [0.3, 0.4) is 0 Å². The van der Waals surface area contributed by atoms with Crippen LogP contribution in [0.25, 0.3) is 0 Å².